The Labute approximate surface area is 219 Å². The minimum absolute atomic E-state index is 0.00713. The number of rotatable bonds is 8. The molecule has 1 saturated heterocycles. The van der Waals surface area contributed by atoms with Crippen molar-refractivity contribution in [1.82, 2.24) is 10.3 Å². The van der Waals surface area contributed by atoms with Crippen molar-refractivity contribution in [3.63, 3.8) is 0 Å². The number of benzene rings is 1. The van der Waals surface area contributed by atoms with E-state index in [9.17, 15) is 29.4 Å². The van der Waals surface area contributed by atoms with Crippen LogP contribution in [0.4, 0.5) is 4.79 Å². The predicted molar refractivity (Wildman–Crippen MR) is 132 cm³/mol. The van der Waals surface area contributed by atoms with Crippen molar-refractivity contribution in [2.75, 3.05) is 20.3 Å². The third-order valence-corrected chi connectivity index (χ3v) is 7.54. The molecule has 2 saturated carbocycles. The topological polar surface area (TPSA) is 164 Å². The van der Waals surface area contributed by atoms with Crippen LogP contribution in [-0.2, 0) is 30.5 Å². The van der Waals surface area contributed by atoms with Crippen molar-refractivity contribution in [1.29, 1.82) is 0 Å². The van der Waals surface area contributed by atoms with Crippen LogP contribution in [0.5, 0.6) is 5.75 Å². The van der Waals surface area contributed by atoms with Crippen LogP contribution in [0.25, 0.3) is 0 Å². The first kappa shape index (κ1) is 27.5. The lowest BCUT2D eigenvalue weighted by Gasteiger charge is -2.45. The molecule has 3 fully saturated rings. The zero-order valence-corrected chi connectivity index (χ0v) is 21.4. The number of aliphatic hydroxyl groups is 2. The lowest BCUT2D eigenvalue weighted by atomic mass is 9.60. The number of hydrogen-bond acceptors (Lipinski definition) is 10. The molecule has 0 spiro atoms. The lowest BCUT2D eigenvalue weighted by molar-refractivity contribution is -0.145. The molecule has 12 nitrogen and oxygen atoms in total. The van der Waals surface area contributed by atoms with Gasteiger partial charge in [0.05, 0.1) is 44.2 Å². The van der Waals surface area contributed by atoms with Gasteiger partial charge in [-0.15, -0.1) is 0 Å². The summed E-state index contributed by atoms with van der Waals surface area (Å²) < 4.78 is 15.2. The van der Waals surface area contributed by atoms with Crippen LogP contribution >= 0.6 is 0 Å². The summed E-state index contributed by atoms with van der Waals surface area (Å²) in [6.07, 6.45) is -2.53. The Morgan fingerprint density at radius 3 is 2.47 bits per heavy atom. The second kappa shape index (κ2) is 11.9. The lowest BCUT2D eigenvalue weighted by Crippen LogP contribution is -2.55. The molecular weight excluding hydrogens is 498 g/mol. The van der Waals surface area contributed by atoms with Gasteiger partial charge >= 0.3 is 12.1 Å². The minimum Gasteiger partial charge on any atom is -0.497 e. The van der Waals surface area contributed by atoms with Crippen molar-refractivity contribution in [2.24, 2.45) is 28.8 Å². The number of ether oxygens (including phenoxy) is 3. The maximum Gasteiger partial charge on any atom is 0.428 e. The van der Waals surface area contributed by atoms with Crippen molar-refractivity contribution in [3.05, 3.63) is 29.8 Å². The highest BCUT2D eigenvalue weighted by atomic mass is 16.6. The molecular formula is C26H33N3O9. The quantitative estimate of drug-likeness (QED) is 0.252. The Hall–Kier alpha value is -3.51. The molecule has 0 bridgehead atoms. The summed E-state index contributed by atoms with van der Waals surface area (Å²) in [6, 6.07) is 7.01. The highest BCUT2D eigenvalue weighted by molar-refractivity contribution is 6.06. The molecule has 6 atom stereocenters. The van der Waals surface area contributed by atoms with E-state index in [4.69, 9.17) is 14.2 Å². The number of hydrogen-bond donors (Lipinski definition) is 3. The highest BCUT2D eigenvalue weighted by Crippen LogP contribution is 2.49. The zero-order valence-electron chi connectivity index (χ0n) is 21.4. The van der Waals surface area contributed by atoms with Crippen LogP contribution in [0.15, 0.2) is 29.4 Å². The van der Waals surface area contributed by atoms with E-state index in [0.717, 1.165) is 10.5 Å². The second-order valence-corrected chi connectivity index (χ2v) is 9.68. The Morgan fingerprint density at radius 2 is 1.79 bits per heavy atom. The maximum absolute atomic E-state index is 13.3. The van der Waals surface area contributed by atoms with E-state index in [1.54, 1.807) is 38.3 Å². The monoisotopic (exact) mass is 531 g/mol. The molecule has 1 aliphatic heterocycles. The maximum atomic E-state index is 13.3. The van der Waals surface area contributed by atoms with Gasteiger partial charge in [0.15, 0.2) is 0 Å². The van der Waals surface area contributed by atoms with E-state index in [0.29, 0.717) is 24.3 Å². The van der Waals surface area contributed by atoms with Gasteiger partial charge in [0, 0.05) is 30.5 Å². The van der Waals surface area contributed by atoms with E-state index in [1.165, 1.54) is 0 Å². The number of fused-ring (bicyclic) bond motifs is 3. The van der Waals surface area contributed by atoms with E-state index >= 15 is 0 Å². The molecule has 2 aliphatic carbocycles. The van der Waals surface area contributed by atoms with Gasteiger partial charge in [0.25, 0.3) is 0 Å². The molecule has 0 radical (unpaired) electrons. The number of amides is 3. The number of nitrogens with one attached hydrogen (secondary N) is 1. The van der Waals surface area contributed by atoms with Gasteiger partial charge in [0.1, 0.15) is 12.4 Å². The summed E-state index contributed by atoms with van der Waals surface area (Å²) in [7, 11) is 1.55. The number of carbonyl (C=O) groups excluding carboxylic acids is 4. The van der Waals surface area contributed by atoms with E-state index in [1.807, 2.05) is 0 Å². The summed E-state index contributed by atoms with van der Waals surface area (Å²) in [5.41, 5.74) is 3.52. The summed E-state index contributed by atoms with van der Waals surface area (Å²) in [5.74, 6) is -3.34. The number of nitrogens with zero attached hydrogens (tertiary/aromatic N) is 2. The van der Waals surface area contributed by atoms with Gasteiger partial charge < -0.3 is 24.4 Å². The van der Waals surface area contributed by atoms with Gasteiger partial charge in [-0.25, -0.2) is 10.2 Å². The predicted octanol–water partition coefficient (Wildman–Crippen LogP) is 0.984. The average molecular weight is 532 g/mol. The van der Waals surface area contributed by atoms with Crippen LogP contribution in [-0.4, -0.2) is 77.2 Å². The Morgan fingerprint density at radius 1 is 1.08 bits per heavy atom. The molecule has 1 heterocycles. The molecule has 3 N–H and O–H groups in total. The zero-order chi connectivity index (χ0) is 27.4. The van der Waals surface area contributed by atoms with Crippen LogP contribution in [0, 0.1) is 23.7 Å². The summed E-state index contributed by atoms with van der Waals surface area (Å²) in [6.45, 7) is 1.78. The number of imide groups is 1. The highest BCUT2D eigenvalue weighted by Gasteiger charge is 2.59. The third-order valence-electron chi connectivity index (χ3n) is 7.54. The average Bonchev–Trinajstić information content (AvgIpc) is 3.16. The molecule has 1 aromatic carbocycles. The number of methoxy groups -OCH3 is 1. The minimum atomic E-state index is -1.24. The molecule has 4 rings (SSSR count). The standard InChI is InChI=1S/C26H33N3O9/c1-3-37-20(31)10-11-29-24(33)17-9-8-16-18(12-19(30)23(32)21(16)22(17)25(29)34)27-28-26(35)38-13-14-4-6-15(36-2)7-5-14/h4-7,16-17,19,21-23,30,32H,3,8-13H2,1-2H3,(H,28,35)/b27-18-/t16-,17+,19-,21+,22-,23-/m1/s1. The first-order valence-electron chi connectivity index (χ1n) is 12.7. The van der Waals surface area contributed by atoms with Crippen molar-refractivity contribution in [3.8, 4) is 5.75 Å². The van der Waals surface area contributed by atoms with Gasteiger partial charge in [-0.05, 0) is 37.5 Å². The molecule has 3 amide bonds. The molecule has 38 heavy (non-hydrogen) atoms. The first-order chi connectivity index (χ1) is 18.2. The Kier molecular flexibility index (Phi) is 8.62. The van der Waals surface area contributed by atoms with E-state index in [-0.39, 0.29) is 38.5 Å². The number of aliphatic hydroxyl groups excluding tert-OH is 2. The van der Waals surface area contributed by atoms with Gasteiger partial charge in [-0.1, -0.05) is 12.1 Å². The van der Waals surface area contributed by atoms with Crippen LogP contribution in [0.3, 0.4) is 0 Å². The Bertz CT molecular complexity index is 1090. The summed E-state index contributed by atoms with van der Waals surface area (Å²) in [5, 5.41) is 25.6. The summed E-state index contributed by atoms with van der Waals surface area (Å²) in [4.78, 5) is 51.4. The van der Waals surface area contributed by atoms with Gasteiger partial charge in [-0.3, -0.25) is 19.3 Å². The number of esters is 1. The SMILES string of the molecule is CCOC(=O)CCN1C(=O)[C@H]2[C@H]3[C@H](O)[C@H](O)C/C(=N/NC(=O)OCc4ccc(OC)cc4)[C@H]3CC[C@@H]2C1=O. The van der Waals surface area contributed by atoms with Gasteiger partial charge in [-0.2, -0.15) is 5.10 Å². The van der Waals surface area contributed by atoms with Crippen LogP contribution in [0.1, 0.15) is 38.2 Å². The summed E-state index contributed by atoms with van der Waals surface area (Å²) >= 11 is 0. The van der Waals surface area contributed by atoms with Crippen LogP contribution in [0.2, 0.25) is 0 Å². The number of carbonyl (C=O) groups is 4. The number of hydrazone groups is 1. The first-order valence-corrected chi connectivity index (χ1v) is 12.7. The van der Waals surface area contributed by atoms with Crippen molar-refractivity contribution >= 4 is 29.6 Å². The third kappa shape index (κ3) is 5.65. The molecule has 3 aliphatic rings. The fraction of sp³-hybridized carbons (Fsp3) is 0.577. The Balaban J connectivity index is 1.42. The molecule has 0 aromatic heterocycles. The fourth-order valence-corrected chi connectivity index (χ4v) is 5.74. The second-order valence-electron chi connectivity index (χ2n) is 9.68. The largest absolute Gasteiger partial charge is 0.497 e. The van der Waals surface area contributed by atoms with Crippen LogP contribution < -0.4 is 10.2 Å². The van der Waals surface area contributed by atoms with E-state index < -0.39 is 53.8 Å². The van der Waals surface area contributed by atoms with Crippen molar-refractivity contribution < 1.29 is 43.6 Å². The molecule has 0 unspecified atom stereocenters. The smallest absolute Gasteiger partial charge is 0.428 e. The number of likely N-dealkylation sites (tertiary alicyclic amines) is 1. The fourth-order valence-electron chi connectivity index (χ4n) is 5.74. The molecule has 12 heteroatoms. The van der Waals surface area contributed by atoms with Gasteiger partial charge in [0.2, 0.25) is 11.8 Å². The molecule has 206 valence electrons. The molecule has 1 aromatic rings. The van der Waals surface area contributed by atoms with Crippen molar-refractivity contribution in [2.45, 2.75) is 51.4 Å². The normalized spacial score (nSPS) is 29.5. The van der Waals surface area contributed by atoms with E-state index in [2.05, 4.69) is 10.5 Å².